The number of carbonyl (C=O) groups is 1. The van der Waals surface area contributed by atoms with E-state index in [1.54, 1.807) is 18.2 Å². The molecule has 3 heteroatoms. The number of phenolic OH excluding ortho intramolecular Hbond substituents is 1. The number of nitrogens with zero attached hydrogens (tertiary/aromatic N) is 1. The Labute approximate surface area is 102 Å². The number of carbonyl (C=O) groups excluding carboxylic acids is 1. The van der Waals surface area contributed by atoms with E-state index < -0.39 is 0 Å². The van der Waals surface area contributed by atoms with Crippen LogP contribution >= 0.6 is 0 Å². The highest BCUT2D eigenvalue weighted by Gasteiger charge is 2.32. The Bertz CT molecular complexity index is 412. The van der Waals surface area contributed by atoms with Gasteiger partial charge in [-0.1, -0.05) is 18.2 Å². The van der Waals surface area contributed by atoms with E-state index in [1.807, 2.05) is 18.0 Å². The molecular weight excluding hydrogens is 214 g/mol. The van der Waals surface area contributed by atoms with Crippen molar-refractivity contribution in [2.75, 3.05) is 7.05 Å². The van der Waals surface area contributed by atoms with Crippen molar-refractivity contribution in [3.63, 3.8) is 0 Å². The summed E-state index contributed by atoms with van der Waals surface area (Å²) in [6.45, 7) is 2.10. The SMILES string of the molecule is CC(C1CC1)N(C)C(=O)Cc1ccccc1O. The maximum atomic E-state index is 12.1. The van der Waals surface area contributed by atoms with Gasteiger partial charge in [0.05, 0.1) is 6.42 Å². The number of hydrogen-bond acceptors (Lipinski definition) is 2. The minimum atomic E-state index is 0.0749. The van der Waals surface area contributed by atoms with Gasteiger partial charge in [-0.3, -0.25) is 4.79 Å². The molecule has 1 aromatic carbocycles. The molecule has 1 saturated carbocycles. The molecule has 1 amide bonds. The molecule has 1 atom stereocenters. The van der Waals surface area contributed by atoms with Crippen molar-refractivity contribution in [3.05, 3.63) is 29.8 Å². The van der Waals surface area contributed by atoms with Crippen LogP contribution in [0.5, 0.6) is 5.75 Å². The standard InChI is InChI=1S/C14H19NO2/c1-10(11-7-8-11)15(2)14(17)9-12-5-3-4-6-13(12)16/h3-6,10-11,16H,7-9H2,1-2H3. The van der Waals surface area contributed by atoms with Gasteiger partial charge in [0.25, 0.3) is 0 Å². The molecule has 1 aliphatic rings. The fourth-order valence-corrected chi connectivity index (χ4v) is 2.07. The van der Waals surface area contributed by atoms with E-state index in [9.17, 15) is 9.90 Å². The zero-order valence-electron chi connectivity index (χ0n) is 10.4. The van der Waals surface area contributed by atoms with Crippen LogP contribution in [0.4, 0.5) is 0 Å². The van der Waals surface area contributed by atoms with Gasteiger partial charge in [-0.25, -0.2) is 0 Å². The highest BCUT2D eigenvalue weighted by atomic mass is 16.3. The third-order valence-corrected chi connectivity index (χ3v) is 3.64. The number of benzene rings is 1. The highest BCUT2D eigenvalue weighted by molar-refractivity contribution is 5.79. The zero-order chi connectivity index (χ0) is 12.4. The molecule has 0 aromatic heterocycles. The van der Waals surface area contributed by atoms with E-state index in [-0.39, 0.29) is 18.1 Å². The lowest BCUT2D eigenvalue weighted by atomic mass is 10.1. The summed E-state index contributed by atoms with van der Waals surface area (Å²) in [7, 11) is 1.85. The molecular formula is C14H19NO2. The Hall–Kier alpha value is -1.51. The van der Waals surface area contributed by atoms with E-state index >= 15 is 0 Å². The first-order valence-electron chi connectivity index (χ1n) is 6.12. The minimum absolute atomic E-state index is 0.0749. The normalized spacial score (nSPS) is 16.6. The van der Waals surface area contributed by atoms with Crippen LogP contribution in [0, 0.1) is 5.92 Å². The van der Waals surface area contributed by atoms with Gasteiger partial charge in [0.2, 0.25) is 5.91 Å². The number of rotatable bonds is 4. The summed E-state index contributed by atoms with van der Waals surface area (Å²) in [6, 6.07) is 7.33. The second-order valence-electron chi connectivity index (χ2n) is 4.89. The molecule has 17 heavy (non-hydrogen) atoms. The maximum Gasteiger partial charge on any atom is 0.227 e. The van der Waals surface area contributed by atoms with Gasteiger partial charge < -0.3 is 10.0 Å². The van der Waals surface area contributed by atoms with E-state index in [0.717, 1.165) is 0 Å². The average molecular weight is 233 g/mol. The van der Waals surface area contributed by atoms with Gasteiger partial charge in [-0.2, -0.15) is 0 Å². The molecule has 0 heterocycles. The molecule has 1 fully saturated rings. The molecule has 0 radical (unpaired) electrons. The molecule has 1 aromatic rings. The molecule has 92 valence electrons. The number of phenols is 1. The van der Waals surface area contributed by atoms with Crippen LogP contribution in [0.3, 0.4) is 0 Å². The van der Waals surface area contributed by atoms with Crippen molar-refractivity contribution < 1.29 is 9.90 Å². The fraction of sp³-hybridized carbons (Fsp3) is 0.500. The third-order valence-electron chi connectivity index (χ3n) is 3.64. The van der Waals surface area contributed by atoms with Crippen LogP contribution in [0.1, 0.15) is 25.3 Å². The van der Waals surface area contributed by atoms with Gasteiger partial charge in [-0.15, -0.1) is 0 Å². The Morgan fingerprint density at radius 1 is 1.47 bits per heavy atom. The van der Waals surface area contributed by atoms with Gasteiger partial charge in [0, 0.05) is 18.7 Å². The number of para-hydroxylation sites is 1. The monoisotopic (exact) mass is 233 g/mol. The molecule has 0 bridgehead atoms. The molecule has 1 aliphatic carbocycles. The van der Waals surface area contributed by atoms with Gasteiger partial charge in [-0.05, 0) is 31.7 Å². The zero-order valence-corrected chi connectivity index (χ0v) is 10.4. The first-order chi connectivity index (χ1) is 8.09. The van der Waals surface area contributed by atoms with Gasteiger partial charge in [0.15, 0.2) is 0 Å². The molecule has 0 saturated heterocycles. The third kappa shape index (κ3) is 2.78. The van der Waals surface area contributed by atoms with Crippen LogP contribution < -0.4 is 0 Å². The summed E-state index contributed by atoms with van der Waals surface area (Å²) < 4.78 is 0. The summed E-state index contributed by atoms with van der Waals surface area (Å²) in [5, 5.41) is 9.63. The molecule has 1 unspecified atom stereocenters. The lowest BCUT2D eigenvalue weighted by Gasteiger charge is -2.25. The fourth-order valence-electron chi connectivity index (χ4n) is 2.07. The summed E-state index contributed by atoms with van der Waals surface area (Å²) in [5.74, 6) is 0.951. The Morgan fingerprint density at radius 3 is 2.71 bits per heavy atom. The second-order valence-corrected chi connectivity index (χ2v) is 4.89. The quantitative estimate of drug-likeness (QED) is 0.866. The number of aromatic hydroxyl groups is 1. The smallest absolute Gasteiger partial charge is 0.227 e. The first kappa shape index (κ1) is 12.0. The van der Waals surface area contributed by atoms with Crippen LogP contribution in [-0.2, 0) is 11.2 Å². The predicted molar refractivity (Wildman–Crippen MR) is 66.8 cm³/mol. The number of amides is 1. The summed E-state index contributed by atoms with van der Waals surface area (Å²) in [6.07, 6.45) is 2.74. The van der Waals surface area contributed by atoms with E-state index in [2.05, 4.69) is 6.92 Å². The van der Waals surface area contributed by atoms with Crippen molar-refractivity contribution in [2.24, 2.45) is 5.92 Å². The number of likely N-dealkylation sites (N-methyl/N-ethyl adjacent to an activating group) is 1. The first-order valence-corrected chi connectivity index (χ1v) is 6.12. The lowest BCUT2D eigenvalue weighted by molar-refractivity contribution is -0.131. The van der Waals surface area contributed by atoms with E-state index in [4.69, 9.17) is 0 Å². The van der Waals surface area contributed by atoms with Gasteiger partial charge >= 0.3 is 0 Å². The average Bonchev–Trinajstić information content (AvgIpc) is 3.14. The summed E-state index contributed by atoms with van der Waals surface area (Å²) in [5.41, 5.74) is 0.701. The van der Waals surface area contributed by atoms with Crippen molar-refractivity contribution in [2.45, 2.75) is 32.2 Å². The summed E-state index contributed by atoms with van der Waals surface area (Å²) in [4.78, 5) is 13.9. The van der Waals surface area contributed by atoms with Crippen LogP contribution in [0.15, 0.2) is 24.3 Å². The largest absolute Gasteiger partial charge is 0.508 e. The Kier molecular flexibility index (Phi) is 3.36. The predicted octanol–water partition coefficient (Wildman–Crippen LogP) is 2.19. The van der Waals surface area contributed by atoms with Crippen molar-refractivity contribution >= 4 is 5.91 Å². The van der Waals surface area contributed by atoms with Crippen molar-refractivity contribution in [1.82, 2.24) is 4.90 Å². The van der Waals surface area contributed by atoms with Crippen LogP contribution in [0.2, 0.25) is 0 Å². The highest BCUT2D eigenvalue weighted by Crippen LogP contribution is 2.34. The van der Waals surface area contributed by atoms with E-state index in [0.29, 0.717) is 17.5 Å². The van der Waals surface area contributed by atoms with Gasteiger partial charge in [0.1, 0.15) is 5.75 Å². The topological polar surface area (TPSA) is 40.5 Å². The molecule has 0 spiro atoms. The molecule has 2 rings (SSSR count). The van der Waals surface area contributed by atoms with E-state index in [1.165, 1.54) is 12.8 Å². The van der Waals surface area contributed by atoms with Crippen LogP contribution in [0.25, 0.3) is 0 Å². The molecule has 1 N–H and O–H groups in total. The summed E-state index contributed by atoms with van der Waals surface area (Å²) >= 11 is 0. The second kappa shape index (κ2) is 4.78. The van der Waals surface area contributed by atoms with Crippen LogP contribution in [-0.4, -0.2) is 29.0 Å². The van der Waals surface area contributed by atoms with Crippen molar-refractivity contribution in [1.29, 1.82) is 0 Å². The molecule has 3 nitrogen and oxygen atoms in total. The number of hydrogen-bond donors (Lipinski definition) is 1. The maximum absolute atomic E-state index is 12.1. The van der Waals surface area contributed by atoms with Crippen molar-refractivity contribution in [3.8, 4) is 5.75 Å². The lowest BCUT2D eigenvalue weighted by Crippen LogP contribution is -2.37. The Balaban J connectivity index is 1.98. The molecule has 0 aliphatic heterocycles. The Morgan fingerprint density at radius 2 is 2.12 bits per heavy atom. The minimum Gasteiger partial charge on any atom is -0.508 e.